The number of nitrogen functional groups attached to an aromatic ring is 1. The molecule has 0 fully saturated rings. The first-order valence-corrected chi connectivity index (χ1v) is 10.0. The summed E-state index contributed by atoms with van der Waals surface area (Å²) in [5.74, 6) is 0.124. The van der Waals surface area contributed by atoms with Gasteiger partial charge in [0, 0.05) is 25.9 Å². The number of anilines is 1. The first-order valence-electron chi connectivity index (χ1n) is 10.0. The van der Waals surface area contributed by atoms with E-state index in [0.717, 1.165) is 5.56 Å². The zero-order valence-electron chi connectivity index (χ0n) is 18.8. The SMILES string of the molecule is COc1ncc(-c2ccc3nc(N)n(-c4ccccc4)c(=O)c3c2)cc1C(=O)N(C)C.O=CO. The number of carbonyl (C=O) groups is 2. The fourth-order valence-corrected chi connectivity index (χ4v) is 3.38. The summed E-state index contributed by atoms with van der Waals surface area (Å²) in [5.41, 5.74) is 8.65. The fraction of sp³-hybridized carbons (Fsp3) is 0.125. The van der Waals surface area contributed by atoms with Gasteiger partial charge in [-0.25, -0.2) is 14.5 Å². The predicted molar refractivity (Wildman–Crippen MR) is 128 cm³/mol. The average Bonchev–Trinajstić information content (AvgIpc) is 2.84. The number of fused-ring (bicyclic) bond motifs is 1. The number of hydrogen-bond acceptors (Lipinski definition) is 7. The van der Waals surface area contributed by atoms with Crippen LogP contribution in [-0.2, 0) is 4.79 Å². The van der Waals surface area contributed by atoms with E-state index in [1.54, 1.807) is 50.6 Å². The van der Waals surface area contributed by atoms with Crippen molar-refractivity contribution in [1.29, 1.82) is 0 Å². The molecule has 2 heterocycles. The number of para-hydroxylation sites is 1. The zero-order chi connectivity index (χ0) is 24.8. The van der Waals surface area contributed by atoms with Crippen LogP contribution >= 0.6 is 0 Å². The third-order valence-electron chi connectivity index (χ3n) is 4.92. The highest BCUT2D eigenvalue weighted by molar-refractivity contribution is 5.97. The molecule has 0 bridgehead atoms. The van der Waals surface area contributed by atoms with Crippen molar-refractivity contribution in [3.63, 3.8) is 0 Å². The number of nitrogens with zero attached hydrogens (tertiary/aromatic N) is 4. The minimum absolute atomic E-state index is 0.112. The van der Waals surface area contributed by atoms with E-state index in [-0.39, 0.29) is 29.8 Å². The molecule has 10 nitrogen and oxygen atoms in total. The Bertz CT molecular complexity index is 1400. The molecule has 4 rings (SSSR count). The molecular weight excluding hydrogens is 438 g/mol. The van der Waals surface area contributed by atoms with Gasteiger partial charge in [-0.2, -0.15) is 0 Å². The molecule has 0 radical (unpaired) electrons. The average molecular weight is 461 g/mol. The third-order valence-corrected chi connectivity index (χ3v) is 4.92. The lowest BCUT2D eigenvalue weighted by Crippen LogP contribution is -2.23. The summed E-state index contributed by atoms with van der Waals surface area (Å²) in [6, 6.07) is 16.1. The van der Waals surface area contributed by atoms with Crippen molar-refractivity contribution in [3.8, 4) is 22.7 Å². The fourth-order valence-electron chi connectivity index (χ4n) is 3.38. The Morgan fingerprint density at radius 1 is 1.12 bits per heavy atom. The van der Waals surface area contributed by atoms with Gasteiger partial charge >= 0.3 is 0 Å². The second-order valence-corrected chi connectivity index (χ2v) is 7.26. The van der Waals surface area contributed by atoms with Crippen LogP contribution in [0.3, 0.4) is 0 Å². The van der Waals surface area contributed by atoms with Crippen LogP contribution in [0.15, 0.2) is 65.6 Å². The van der Waals surface area contributed by atoms with Crippen LogP contribution in [0.5, 0.6) is 5.88 Å². The van der Waals surface area contributed by atoms with Gasteiger partial charge in [-0.3, -0.25) is 14.4 Å². The van der Waals surface area contributed by atoms with Crippen molar-refractivity contribution in [2.24, 2.45) is 0 Å². The zero-order valence-corrected chi connectivity index (χ0v) is 18.8. The Morgan fingerprint density at radius 2 is 1.79 bits per heavy atom. The van der Waals surface area contributed by atoms with Gasteiger partial charge in [0.15, 0.2) is 0 Å². The molecule has 174 valence electrons. The maximum atomic E-state index is 13.2. The topological polar surface area (TPSA) is 141 Å². The van der Waals surface area contributed by atoms with E-state index in [0.29, 0.717) is 27.7 Å². The molecule has 4 aromatic rings. The lowest BCUT2D eigenvalue weighted by Gasteiger charge is -2.14. The number of nitrogens with two attached hydrogens (primary N) is 1. The molecule has 0 atom stereocenters. The van der Waals surface area contributed by atoms with Crippen LogP contribution in [0.4, 0.5) is 5.95 Å². The van der Waals surface area contributed by atoms with Crippen molar-refractivity contribution < 1.29 is 19.4 Å². The van der Waals surface area contributed by atoms with E-state index in [4.69, 9.17) is 20.4 Å². The number of hydrogen-bond donors (Lipinski definition) is 2. The van der Waals surface area contributed by atoms with Crippen LogP contribution in [-0.4, -0.2) is 58.1 Å². The van der Waals surface area contributed by atoms with Crippen LogP contribution in [0.1, 0.15) is 10.4 Å². The van der Waals surface area contributed by atoms with Gasteiger partial charge in [-0.05, 0) is 35.9 Å². The summed E-state index contributed by atoms with van der Waals surface area (Å²) in [6.07, 6.45) is 1.60. The molecule has 0 saturated heterocycles. The minimum Gasteiger partial charge on any atom is -0.483 e. The number of amides is 1. The number of carbonyl (C=O) groups excluding carboxylic acids is 1. The summed E-state index contributed by atoms with van der Waals surface area (Å²) in [5, 5.41) is 7.30. The van der Waals surface area contributed by atoms with Crippen molar-refractivity contribution in [2.75, 3.05) is 26.9 Å². The Labute approximate surface area is 194 Å². The number of benzene rings is 2. The number of pyridine rings is 1. The molecule has 1 amide bonds. The van der Waals surface area contributed by atoms with Crippen LogP contribution < -0.4 is 16.0 Å². The Balaban J connectivity index is 0.00000103. The molecule has 0 aliphatic rings. The van der Waals surface area contributed by atoms with Crippen LogP contribution in [0, 0.1) is 0 Å². The van der Waals surface area contributed by atoms with Crippen molar-refractivity contribution >= 4 is 29.2 Å². The quantitative estimate of drug-likeness (QED) is 0.442. The number of ether oxygens (including phenoxy) is 1. The van der Waals surface area contributed by atoms with E-state index in [1.807, 2.05) is 24.3 Å². The molecule has 2 aromatic carbocycles. The molecule has 0 aliphatic carbocycles. The van der Waals surface area contributed by atoms with Crippen molar-refractivity contribution in [1.82, 2.24) is 19.4 Å². The smallest absolute Gasteiger partial charge is 0.290 e. The summed E-state index contributed by atoms with van der Waals surface area (Å²) in [4.78, 5) is 44.3. The monoisotopic (exact) mass is 461 g/mol. The van der Waals surface area contributed by atoms with Gasteiger partial charge in [-0.1, -0.05) is 24.3 Å². The normalized spacial score (nSPS) is 10.2. The van der Waals surface area contributed by atoms with E-state index in [2.05, 4.69) is 9.97 Å². The molecule has 2 aromatic heterocycles. The first kappa shape index (κ1) is 23.9. The molecule has 0 saturated carbocycles. The molecule has 0 unspecified atom stereocenters. The van der Waals surface area contributed by atoms with Gasteiger partial charge in [0.2, 0.25) is 11.8 Å². The third kappa shape index (κ3) is 4.70. The standard InChI is InChI=1S/C23H21N5O3.CH2O2/c1-27(2)21(29)18-12-15(13-25-20(18)31-3)14-9-10-19-17(11-14)22(30)28(23(24)26-19)16-7-5-4-6-8-16;2-1-3/h4-13H,1-3H3,(H2,24,26);1H,(H,2,3). The highest BCUT2D eigenvalue weighted by atomic mass is 16.5. The number of carboxylic acid groups (broad SMARTS) is 1. The van der Waals surface area contributed by atoms with E-state index >= 15 is 0 Å². The van der Waals surface area contributed by atoms with Gasteiger partial charge in [-0.15, -0.1) is 0 Å². The second-order valence-electron chi connectivity index (χ2n) is 7.26. The number of aromatic nitrogens is 3. The predicted octanol–water partition coefficient (Wildman–Crippen LogP) is 2.44. The van der Waals surface area contributed by atoms with Crippen molar-refractivity contribution in [3.05, 3.63) is 76.7 Å². The van der Waals surface area contributed by atoms with Gasteiger partial charge < -0.3 is 20.5 Å². The number of methoxy groups -OCH3 is 1. The minimum atomic E-state index is -0.276. The second kappa shape index (κ2) is 10.3. The summed E-state index contributed by atoms with van der Waals surface area (Å²) in [6.45, 7) is -0.250. The highest BCUT2D eigenvalue weighted by Crippen LogP contribution is 2.27. The number of rotatable bonds is 4. The largest absolute Gasteiger partial charge is 0.483 e. The molecule has 0 aliphatic heterocycles. The first-order chi connectivity index (χ1) is 16.3. The molecule has 3 N–H and O–H groups in total. The molecule has 10 heteroatoms. The summed E-state index contributed by atoms with van der Waals surface area (Å²) < 4.78 is 6.61. The maximum absolute atomic E-state index is 13.2. The van der Waals surface area contributed by atoms with Crippen LogP contribution in [0.2, 0.25) is 0 Å². The molecule has 0 spiro atoms. The van der Waals surface area contributed by atoms with E-state index < -0.39 is 0 Å². The highest BCUT2D eigenvalue weighted by Gasteiger charge is 2.18. The van der Waals surface area contributed by atoms with Gasteiger partial charge in [0.05, 0.1) is 23.7 Å². The van der Waals surface area contributed by atoms with Gasteiger partial charge in [0.25, 0.3) is 17.9 Å². The van der Waals surface area contributed by atoms with Crippen LogP contribution in [0.25, 0.3) is 27.7 Å². The summed E-state index contributed by atoms with van der Waals surface area (Å²) in [7, 11) is 4.78. The summed E-state index contributed by atoms with van der Waals surface area (Å²) >= 11 is 0. The van der Waals surface area contributed by atoms with E-state index in [9.17, 15) is 9.59 Å². The molecular formula is C24H23N5O5. The Morgan fingerprint density at radius 3 is 2.41 bits per heavy atom. The Kier molecular flexibility index (Phi) is 7.22. The lowest BCUT2D eigenvalue weighted by atomic mass is 10.0. The van der Waals surface area contributed by atoms with Gasteiger partial charge in [0.1, 0.15) is 5.56 Å². The van der Waals surface area contributed by atoms with Crippen molar-refractivity contribution in [2.45, 2.75) is 0 Å². The maximum Gasteiger partial charge on any atom is 0.290 e. The van der Waals surface area contributed by atoms with E-state index in [1.165, 1.54) is 16.6 Å². The molecule has 34 heavy (non-hydrogen) atoms. The Hall–Kier alpha value is -4.73. The lowest BCUT2D eigenvalue weighted by molar-refractivity contribution is -0.122.